The molecule has 0 spiro atoms. The maximum atomic E-state index is 12.6. The third kappa shape index (κ3) is 4.51. The van der Waals surface area contributed by atoms with Gasteiger partial charge in [0.1, 0.15) is 0 Å². The van der Waals surface area contributed by atoms with Crippen molar-refractivity contribution >= 4 is 18.0 Å². The number of hydrogen-bond acceptors (Lipinski definition) is 5. The molecule has 1 saturated heterocycles. The van der Waals surface area contributed by atoms with Gasteiger partial charge in [-0.15, -0.1) is 0 Å². The lowest BCUT2D eigenvalue weighted by molar-refractivity contribution is -0.138. The van der Waals surface area contributed by atoms with Crippen molar-refractivity contribution in [1.82, 2.24) is 4.90 Å². The van der Waals surface area contributed by atoms with Crippen molar-refractivity contribution in [3.8, 4) is 11.5 Å². The molecule has 0 radical (unpaired) electrons. The first-order valence-corrected chi connectivity index (χ1v) is 8.31. The summed E-state index contributed by atoms with van der Waals surface area (Å²) in [7, 11) is 0. The molecule has 2 heterocycles. The molecule has 1 N–H and O–H groups in total. The molecule has 1 amide bonds. The van der Waals surface area contributed by atoms with Gasteiger partial charge < -0.3 is 24.2 Å². The number of fused-ring (bicyclic) bond motifs is 1. The summed E-state index contributed by atoms with van der Waals surface area (Å²) in [5.41, 5.74) is 0.822. The van der Waals surface area contributed by atoms with Crippen LogP contribution in [0.3, 0.4) is 0 Å². The first-order chi connectivity index (χ1) is 12.1. The number of nitrogens with zero attached hydrogens (tertiary/aromatic N) is 1. The molecule has 2 aliphatic heterocycles. The smallest absolute Gasteiger partial charge is 0.305 e. The van der Waals surface area contributed by atoms with E-state index in [1.54, 1.807) is 17.0 Å². The summed E-state index contributed by atoms with van der Waals surface area (Å²) in [6.45, 7) is 1.58. The van der Waals surface area contributed by atoms with Gasteiger partial charge in [0.2, 0.25) is 12.7 Å². The van der Waals surface area contributed by atoms with Gasteiger partial charge in [0, 0.05) is 31.9 Å². The minimum atomic E-state index is -0.912. The molecule has 0 aliphatic carbocycles. The second kappa shape index (κ2) is 8.02. The Morgan fingerprint density at radius 3 is 2.72 bits per heavy atom. The van der Waals surface area contributed by atoms with E-state index in [9.17, 15) is 9.59 Å². The summed E-state index contributed by atoms with van der Waals surface area (Å²) in [4.78, 5) is 25.1. The number of amides is 1. The average Bonchev–Trinajstić information content (AvgIpc) is 3.08. The molecule has 2 aliphatic rings. The number of carbonyl (C=O) groups excluding carboxylic acids is 1. The highest BCUT2D eigenvalue weighted by Gasteiger charge is 2.25. The zero-order valence-corrected chi connectivity index (χ0v) is 13.8. The highest BCUT2D eigenvalue weighted by molar-refractivity contribution is 5.92. The van der Waals surface area contributed by atoms with Gasteiger partial charge in [-0.3, -0.25) is 9.59 Å². The fraction of sp³-hybridized carbons (Fsp3) is 0.444. The summed E-state index contributed by atoms with van der Waals surface area (Å²) >= 11 is 0. The quantitative estimate of drug-likeness (QED) is 0.791. The zero-order chi connectivity index (χ0) is 17.6. The Hall–Kier alpha value is -2.54. The van der Waals surface area contributed by atoms with Gasteiger partial charge in [0.05, 0.1) is 6.42 Å². The lowest BCUT2D eigenvalue weighted by Crippen LogP contribution is -2.43. The fourth-order valence-electron chi connectivity index (χ4n) is 2.97. The van der Waals surface area contributed by atoms with E-state index in [1.807, 2.05) is 12.1 Å². The largest absolute Gasteiger partial charge is 0.481 e. The Kier molecular flexibility index (Phi) is 5.55. The van der Waals surface area contributed by atoms with Gasteiger partial charge in [-0.05, 0) is 36.6 Å². The Balaban J connectivity index is 1.68. The standard InChI is InChI=1S/C18H21NO6/c20-17(4-2-13-1-3-15-16(11-13)25-12-24-15)19(8-5-18(21)22)14-6-9-23-10-7-14/h1-4,11,14H,5-10,12H2,(H,21,22). The van der Waals surface area contributed by atoms with Crippen LogP contribution in [0.15, 0.2) is 24.3 Å². The molecule has 0 unspecified atom stereocenters. The van der Waals surface area contributed by atoms with Crippen molar-refractivity contribution in [2.75, 3.05) is 26.6 Å². The molecule has 0 aromatic heterocycles. The van der Waals surface area contributed by atoms with Crippen molar-refractivity contribution in [1.29, 1.82) is 0 Å². The second-order valence-corrected chi connectivity index (χ2v) is 5.96. The van der Waals surface area contributed by atoms with Gasteiger partial charge >= 0.3 is 5.97 Å². The van der Waals surface area contributed by atoms with Crippen molar-refractivity contribution < 1.29 is 28.9 Å². The molecule has 3 rings (SSSR count). The molecule has 25 heavy (non-hydrogen) atoms. The van der Waals surface area contributed by atoms with Crippen LogP contribution in [0.1, 0.15) is 24.8 Å². The molecule has 1 fully saturated rings. The van der Waals surface area contributed by atoms with Crippen LogP contribution >= 0.6 is 0 Å². The van der Waals surface area contributed by atoms with Crippen LogP contribution < -0.4 is 9.47 Å². The Morgan fingerprint density at radius 2 is 1.96 bits per heavy atom. The maximum absolute atomic E-state index is 12.6. The number of carbonyl (C=O) groups is 2. The molecule has 7 heteroatoms. The molecular weight excluding hydrogens is 326 g/mol. The minimum absolute atomic E-state index is 0.0157. The number of benzene rings is 1. The number of rotatable bonds is 6. The van der Waals surface area contributed by atoms with Crippen LogP contribution in [-0.2, 0) is 14.3 Å². The SMILES string of the molecule is O=C(O)CCN(C(=O)C=Cc1ccc2c(c1)OCO2)C1CCOCC1. The van der Waals surface area contributed by atoms with Gasteiger partial charge in [-0.2, -0.15) is 0 Å². The minimum Gasteiger partial charge on any atom is -0.481 e. The Bertz CT molecular complexity index is 666. The lowest BCUT2D eigenvalue weighted by Gasteiger charge is -2.33. The predicted molar refractivity (Wildman–Crippen MR) is 89.4 cm³/mol. The number of carboxylic acid groups (broad SMARTS) is 1. The van der Waals surface area contributed by atoms with E-state index < -0.39 is 5.97 Å². The van der Waals surface area contributed by atoms with Gasteiger partial charge in [-0.1, -0.05) is 6.07 Å². The van der Waals surface area contributed by atoms with Crippen molar-refractivity contribution in [3.05, 3.63) is 29.8 Å². The first-order valence-electron chi connectivity index (χ1n) is 8.31. The Morgan fingerprint density at radius 1 is 1.20 bits per heavy atom. The van der Waals surface area contributed by atoms with Crippen LogP contribution in [-0.4, -0.2) is 54.5 Å². The molecular formula is C18H21NO6. The van der Waals surface area contributed by atoms with Crippen LogP contribution in [0.4, 0.5) is 0 Å². The summed E-state index contributed by atoms with van der Waals surface area (Å²) in [6.07, 6.45) is 4.57. The van der Waals surface area contributed by atoms with Crippen LogP contribution in [0.5, 0.6) is 11.5 Å². The van der Waals surface area contributed by atoms with Crippen molar-refractivity contribution in [3.63, 3.8) is 0 Å². The summed E-state index contributed by atoms with van der Waals surface area (Å²) in [6, 6.07) is 5.46. The zero-order valence-electron chi connectivity index (χ0n) is 13.8. The van der Waals surface area contributed by atoms with Crippen LogP contribution in [0.25, 0.3) is 6.08 Å². The highest BCUT2D eigenvalue weighted by Crippen LogP contribution is 2.32. The van der Waals surface area contributed by atoms with E-state index in [0.29, 0.717) is 24.7 Å². The second-order valence-electron chi connectivity index (χ2n) is 5.96. The predicted octanol–water partition coefficient (Wildman–Crippen LogP) is 1.91. The molecule has 7 nitrogen and oxygen atoms in total. The van der Waals surface area contributed by atoms with E-state index in [4.69, 9.17) is 19.3 Å². The number of ether oxygens (including phenoxy) is 3. The monoisotopic (exact) mass is 347 g/mol. The first kappa shape index (κ1) is 17.3. The fourth-order valence-corrected chi connectivity index (χ4v) is 2.97. The third-order valence-corrected chi connectivity index (χ3v) is 4.30. The summed E-state index contributed by atoms with van der Waals surface area (Å²) < 4.78 is 15.9. The van der Waals surface area contributed by atoms with Gasteiger partial charge in [0.15, 0.2) is 11.5 Å². The molecule has 0 saturated carbocycles. The third-order valence-electron chi connectivity index (χ3n) is 4.30. The normalized spacial score (nSPS) is 17.0. The average molecular weight is 347 g/mol. The number of carboxylic acids is 1. The summed E-state index contributed by atoms with van der Waals surface area (Å²) in [5, 5.41) is 8.93. The van der Waals surface area contributed by atoms with Gasteiger partial charge in [0.25, 0.3) is 0 Å². The van der Waals surface area contributed by atoms with Gasteiger partial charge in [-0.25, -0.2) is 0 Å². The Labute approximate surface area is 145 Å². The van der Waals surface area contributed by atoms with E-state index in [0.717, 1.165) is 18.4 Å². The summed E-state index contributed by atoms with van der Waals surface area (Å²) in [5.74, 6) is 0.242. The number of aliphatic carboxylic acids is 1. The van der Waals surface area contributed by atoms with E-state index >= 15 is 0 Å². The molecule has 1 aromatic rings. The lowest BCUT2D eigenvalue weighted by atomic mass is 10.1. The molecule has 1 aromatic carbocycles. The van der Waals surface area contributed by atoms with Crippen LogP contribution in [0, 0.1) is 0 Å². The topological polar surface area (TPSA) is 85.3 Å². The van der Waals surface area contributed by atoms with Crippen molar-refractivity contribution in [2.45, 2.75) is 25.3 Å². The van der Waals surface area contributed by atoms with Crippen molar-refractivity contribution in [2.24, 2.45) is 0 Å². The van der Waals surface area contributed by atoms with E-state index in [2.05, 4.69) is 0 Å². The van der Waals surface area contributed by atoms with Crippen LogP contribution in [0.2, 0.25) is 0 Å². The van der Waals surface area contributed by atoms with E-state index in [-0.39, 0.29) is 31.7 Å². The maximum Gasteiger partial charge on any atom is 0.305 e. The molecule has 0 atom stereocenters. The highest BCUT2D eigenvalue weighted by atomic mass is 16.7. The van der Waals surface area contributed by atoms with E-state index in [1.165, 1.54) is 6.08 Å². The molecule has 134 valence electrons. The molecule has 0 bridgehead atoms. The number of hydrogen-bond donors (Lipinski definition) is 1.